The van der Waals surface area contributed by atoms with Crippen molar-refractivity contribution >= 4 is 28.5 Å². The summed E-state index contributed by atoms with van der Waals surface area (Å²) in [6, 6.07) is 6.72. The lowest BCUT2D eigenvalue weighted by Gasteiger charge is -2.21. The smallest absolute Gasteiger partial charge is 0.267 e. The Hall–Kier alpha value is -4.53. The highest BCUT2D eigenvalue weighted by atomic mass is 19.1. The van der Waals surface area contributed by atoms with Crippen LogP contribution < -0.4 is 22.3 Å². The summed E-state index contributed by atoms with van der Waals surface area (Å²) in [5.41, 5.74) is 11.3. The minimum atomic E-state index is -0.598. The normalized spacial score (nSPS) is 11.9. The van der Waals surface area contributed by atoms with Gasteiger partial charge in [-0.25, -0.2) is 13.9 Å². The van der Waals surface area contributed by atoms with Gasteiger partial charge in [0.25, 0.3) is 5.56 Å². The number of H-pyrrole nitrogens is 1. The van der Waals surface area contributed by atoms with E-state index in [0.29, 0.717) is 17.8 Å². The van der Waals surface area contributed by atoms with Crippen molar-refractivity contribution in [1.82, 2.24) is 29.7 Å². The quantitative estimate of drug-likeness (QED) is 0.373. The topological polar surface area (TPSA) is 177 Å². The van der Waals surface area contributed by atoms with Crippen molar-refractivity contribution in [3.8, 4) is 11.9 Å². The molecule has 4 rings (SSSR count). The van der Waals surface area contributed by atoms with Gasteiger partial charge in [-0.05, 0) is 24.6 Å². The lowest BCUT2D eigenvalue weighted by molar-refractivity contribution is 0.627. The van der Waals surface area contributed by atoms with E-state index in [0.717, 1.165) is 6.07 Å². The molecule has 0 fully saturated rings. The number of aromatic amines is 1. The summed E-state index contributed by atoms with van der Waals surface area (Å²) in [4.78, 5) is 25.7. The fourth-order valence-corrected chi connectivity index (χ4v) is 3.23. The molecule has 11 nitrogen and oxygen atoms in total. The van der Waals surface area contributed by atoms with Gasteiger partial charge in [-0.2, -0.15) is 20.3 Å². The van der Waals surface area contributed by atoms with E-state index in [9.17, 15) is 14.4 Å². The Labute approximate surface area is 174 Å². The first-order chi connectivity index (χ1) is 14.9. The number of nitrogens with one attached hydrogen (secondary N) is 2. The van der Waals surface area contributed by atoms with Crippen molar-refractivity contribution in [2.24, 2.45) is 0 Å². The third-order valence-electron chi connectivity index (χ3n) is 4.67. The maximum Gasteiger partial charge on any atom is 0.267 e. The van der Waals surface area contributed by atoms with E-state index >= 15 is 0 Å². The average molecular weight is 420 g/mol. The van der Waals surface area contributed by atoms with Gasteiger partial charge in [0.05, 0.1) is 16.9 Å². The number of nitrogens with two attached hydrogens (primary N) is 2. The summed E-state index contributed by atoms with van der Waals surface area (Å²) >= 11 is 0. The van der Waals surface area contributed by atoms with E-state index in [1.807, 2.05) is 13.0 Å². The first-order valence-electron chi connectivity index (χ1n) is 9.25. The standard InChI is InChI=1S/C19H17FN10O/c1-2-12(25-16-11(8-21)15(22)27-19(23)28-16)17-26-13-4-3-9(20)7-10(13)18(31)30(17)14-5-6-24-29-14/h3-7,12H,2H2,1H3,(H,24,29)(H5,22,23,25,27,28)/t12-/m0/s1. The van der Waals surface area contributed by atoms with Gasteiger partial charge in [0.15, 0.2) is 11.6 Å². The predicted octanol–water partition coefficient (Wildman–Crippen LogP) is 1.64. The van der Waals surface area contributed by atoms with Crippen LogP contribution in [0.2, 0.25) is 0 Å². The fraction of sp³-hybridized carbons (Fsp3) is 0.158. The van der Waals surface area contributed by atoms with Crippen molar-refractivity contribution in [3.05, 3.63) is 58.0 Å². The Kier molecular flexibility index (Phi) is 4.92. The number of nitrogens with zero attached hydrogens (tertiary/aromatic N) is 6. The number of fused-ring (bicyclic) bond motifs is 1. The van der Waals surface area contributed by atoms with Crippen LogP contribution >= 0.6 is 0 Å². The number of anilines is 3. The number of halogens is 1. The fourth-order valence-electron chi connectivity index (χ4n) is 3.23. The molecule has 6 N–H and O–H groups in total. The Morgan fingerprint density at radius 1 is 1.29 bits per heavy atom. The van der Waals surface area contributed by atoms with Crippen LogP contribution in [-0.4, -0.2) is 29.7 Å². The molecule has 3 heterocycles. The minimum absolute atomic E-state index is 0.0178. The van der Waals surface area contributed by atoms with Gasteiger partial charge in [-0.3, -0.25) is 9.89 Å². The molecule has 1 atom stereocenters. The second-order valence-corrected chi connectivity index (χ2v) is 6.61. The van der Waals surface area contributed by atoms with Crippen LogP contribution in [0.5, 0.6) is 0 Å². The average Bonchev–Trinajstić information content (AvgIpc) is 3.26. The van der Waals surface area contributed by atoms with Crippen molar-refractivity contribution in [2.45, 2.75) is 19.4 Å². The Morgan fingerprint density at radius 2 is 2.10 bits per heavy atom. The van der Waals surface area contributed by atoms with Crippen molar-refractivity contribution in [3.63, 3.8) is 0 Å². The molecule has 156 valence electrons. The van der Waals surface area contributed by atoms with E-state index in [2.05, 4.69) is 30.5 Å². The highest BCUT2D eigenvalue weighted by molar-refractivity contribution is 5.78. The minimum Gasteiger partial charge on any atom is -0.382 e. The number of nitrogen functional groups attached to an aromatic ring is 2. The Morgan fingerprint density at radius 3 is 2.77 bits per heavy atom. The van der Waals surface area contributed by atoms with Crippen LogP contribution in [0.1, 0.15) is 30.8 Å². The van der Waals surface area contributed by atoms with Gasteiger partial charge in [-0.15, -0.1) is 0 Å². The lowest BCUT2D eigenvalue weighted by atomic mass is 10.1. The molecule has 4 aromatic rings. The molecule has 31 heavy (non-hydrogen) atoms. The number of rotatable bonds is 5. The van der Waals surface area contributed by atoms with E-state index < -0.39 is 17.4 Å². The summed E-state index contributed by atoms with van der Waals surface area (Å²) in [6.07, 6.45) is 1.99. The first kappa shape index (κ1) is 19.8. The van der Waals surface area contributed by atoms with Crippen LogP contribution in [0.3, 0.4) is 0 Å². The van der Waals surface area contributed by atoms with Crippen LogP contribution in [-0.2, 0) is 0 Å². The number of benzene rings is 1. The molecule has 0 saturated carbocycles. The Bertz CT molecular complexity index is 1370. The molecular formula is C19H17FN10O. The van der Waals surface area contributed by atoms with Gasteiger partial charge in [0.1, 0.15) is 29.1 Å². The summed E-state index contributed by atoms with van der Waals surface area (Å²) in [5.74, 6) is -0.0520. The zero-order chi connectivity index (χ0) is 22.1. The maximum atomic E-state index is 13.8. The second kappa shape index (κ2) is 7.71. The summed E-state index contributed by atoms with van der Waals surface area (Å²) in [7, 11) is 0. The third kappa shape index (κ3) is 3.48. The van der Waals surface area contributed by atoms with E-state index in [1.165, 1.54) is 16.7 Å². The second-order valence-electron chi connectivity index (χ2n) is 6.61. The highest BCUT2D eigenvalue weighted by Gasteiger charge is 2.23. The molecular weight excluding hydrogens is 403 g/mol. The molecule has 3 aromatic heterocycles. The zero-order valence-corrected chi connectivity index (χ0v) is 16.3. The molecule has 0 bridgehead atoms. The largest absolute Gasteiger partial charge is 0.382 e. The molecule has 0 spiro atoms. The zero-order valence-electron chi connectivity index (χ0n) is 16.3. The van der Waals surface area contributed by atoms with E-state index in [1.54, 1.807) is 12.3 Å². The lowest BCUT2D eigenvalue weighted by Crippen LogP contribution is -2.29. The van der Waals surface area contributed by atoms with E-state index in [-0.39, 0.29) is 34.4 Å². The van der Waals surface area contributed by atoms with Gasteiger partial charge < -0.3 is 16.8 Å². The van der Waals surface area contributed by atoms with E-state index in [4.69, 9.17) is 11.5 Å². The molecule has 0 amide bonds. The molecule has 12 heteroatoms. The predicted molar refractivity (Wildman–Crippen MR) is 112 cm³/mol. The van der Waals surface area contributed by atoms with Gasteiger partial charge in [0.2, 0.25) is 5.95 Å². The monoisotopic (exact) mass is 420 g/mol. The van der Waals surface area contributed by atoms with Crippen LogP contribution in [0.4, 0.5) is 22.0 Å². The van der Waals surface area contributed by atoms with Crippen LogP contribution in [0.15, 0.2) is 35.3 Å². The number of aromatic nitrogens is 6. The highest BCUT2D eigenvalue weighted by Crippen LogP contribution is 2.27. The first-order valence-corrected chi connectivity index (χ1v) is 9.25. The molecule has 0 radical (unpaired) electrons. The van der Waals surface area contributed by atoms with Crippen molar-refractivity contribution < 1.29 is 4.39 Å². The Balaban J connectivity index is 1.94. The summed E-state index contributed by atoms with van der Waals surface area (Å²) < 4.78 is 15.1. The molecule has 0 aliphatic rings. The molecule has 0 aliphatic heterocycles. The van der Waals surface area contributed by atoms with Gasteiger partial charge >= 0.3 is 0 Å². The van der Waals surface area contributed by atoms with Crippen molar-refractivity contribution in [1.29, 1.82) is 5.26 Å². The number of hydrogen-bond donors (Lipinski definition) is 4. The van der Waals surface area contributed by atoms with Crippen molar-refractivity contribution in [2.75, 3.05) is 16.8 Å². The SMILES string of the molecule is CC[C@H](Nc1nc(N)nc(N)c1C#N)c1nc2ccc(F)cc2c(=O)n1-c1cc[nH]n1. The molecule has 0 saturated heterocycles. The summed E-state index contributed by atoms with van der Waals surface area (Å²) in [5, 5.41) is 19.4. The third-order valence-corrected chi connectivity index (χ3v) is 4.67. The molecule has 0 aliphatic carbocycles. The number of hydrogen-bond acceptors (Lipinski definition) is 9. The van der Waals surface area contributed by atoms with Gasteiger partial charge in [-0.1, -0.05) is 6.92 Å². The maximum absolute atomic E-state index is 13.8. The van der Waals surface area contributed by atoms with Gasteiger partial charge in [0, 0.05) is 12.3 Å². The van der Waals surface area contributed by atoms with Crippen LogP contribution in [0, 0.1) is 17.1 Å². The number of nitriles is 1. The molecule has 1 aromatic carbocycles. The summed E-state index contributed by atoms with van der Waals surface area (Å²) in [6.45, 7) is 1.85. The van der Waals surface area contributed by atoms with Crippen LogP contribution in [0.25, 0.3) is 16.7 Å². The molecule has 0 unspecified atom stereocenters.